The van der Waals surface area contributed by atoms with Gasteiger partial charge in [0.05, 0.1) is 0 Å². The molecule has 0 atom stereocenters. The molecule has 1 N–H and O–H groups in total. The maximum Gasteiger partial charge on any atom is 0.124 e. The van der Waals surface area contributed by atoms with E-state index in [1.165, 1.54) is 0 Å². The Balaban J connectivity index is 3.03. The lowest BCUT2D eigenvalue weighted by molar-refractivity contribution is -0.107. The number of carbonyl (C=O) groups is 1. The van der Waals surface area contributed by atoms with Crippen LogP contribution < -0.4 is 0 Å². The third-order valence-corrected chi connectivity index (χ3v) is 2.03. The number of rotatable bonds is 3. The Labute approximate surface area is 78.2 Å². The van der Waals surface area contributed by atoms with Crippen molar-refractivity contribution in [2.24, 2.45) is 0 Å². The third kappa shape index (κ3) is 2.31. The minimum atomic E-state index is 0.284. The van der Waals surface area contributed by atoms with Crippen LogP contribution in [0.25, 0.3) is 0 Å². The monoisotopic (exact) mass is 178 g/mol. The quantitative estimate of drug-likeness (QED) is 0.721. The number of aldehydes is 1. The molecule has 0 bridgehead atoms. The predicted molar refractivity (Wildman–Crippen MR) is 52.0 cm³/mol. The zero-order valence-electron chi connectivity index (χ0n) is 7.95. The van der Waals surface area contributed by atoms with Crippen LogP contribution in [0, 0.1) is 0 Å². The predicted octanol–water partition coefficient (Wildman–Crippen LogP) is 2.26. The Kier molecular flexibility index (Phi) is 3.07. The van der Waals surface area contributed by atoms with Gasteiger partial charge in [-0.05, 0) is 23.1 Å². The first kappa shape index (κ1) is 9.78. The molecule has 0 aliphatic rings. The molecule has 0 aliphatic heterocycles. The average molecular weight is 178 g/mol. The first-order valence-electron chi connectivity index (χ1n) is 4.40. The van der Waals surface area contributed by atoms with Crippen molar-refractivity contribution in [3.8, 4) is 5.75 Å². The molecule has 2 nitrogen and oxygen atoms in total. The van der Waals surface area contributed by atoms with Crippen molar-refractivity contribution in [1.29, 1.82) is 0 Å². The van der Waals surface area contributed by atoms with Crippen molar-refractivity contribution in [3.05, 3.63) is 29.3 Å². The number of aromatic hydroxyl groups is 1. The van der Waals surface area contributed by atoms with Crippen molar-refractivity contribution in [2.75, 3.05) is 0 Å². The molecule has 2 heteroatoms. The summed E-state index contributed by atoms with van der Waals surface area (Å²) < 4.78 is 0. The van der Waals surface area contributed by atoms with E-state index in [2.05, 4.69) is 0 Å². The van der Waals surface area contributed by atoms with E-state index in [9.17, 15) is 9.90 Å². The molecule has 0 aliphatic carbocycles. The van der Waals surface area contributed by atoms with E-state index in [1.807, 2.05) is 19.9 Å². The lowest BCUT2D eigenvalue weighted by Crippen LogP contribution is -1.92. The number of hydrogen-bond acceptors (Lipinski definition) is 2. The highest BCUT2D eigenvalue weighted by Crippen LogP contribution is 2.26. The molecule has 1 aromatic rings. The molecular formula is C11H14O2. The van der Waals surface area contributed by atoms with Gasteiger partial charge in [0.15, 0.2) is 0 Å². The van der Waals surface area contributed by atoms with Gasteiger partial charge < -0.3 is 9.90 Å². The minimum absolute atomic E-state index is 0.284. The van der Waals surface area contributed by atoms with E-state index in [4.69, 9.17) is 0 Å². The largest absolute Gasteiger partial charge is 0.508 e. The summed E-state index contributed by atoms with van der Waals surface area (Å²) >= 11 is 0. The van der Waals surface area contributed by atoms with Crippen molar-refractivity contribution >= 4 is 6.29 Å². The average Bonchev–Trinajstić information content (AvgIpc) is 2.08. The standard InChI is InChI=1S/C11H14O2/c1-8(2)10-7-9(5-6-12)3-4-11(10)13/h3-4,6-8,13H,5H2,1-2H3. The Bertz CT molecular complexity index is 303. The maximum absolute atomic E-state index is 10.3. The van der Waals surface area contributed by atoms with Gasteiger partial charge in [-0.15, -0.1) is 0 Å². The first-order chi connectivity index (χ1) is 6.15. The van der Waals surface area contributed by atoms with E-state index in [1.54, 1.807) is 12.1 Å². The van der Waals surface area contributed by atoms with Gasteiger partial charge in [0.2, 0.25) is 0 Å². The van der Waals surface area contributed by atoms with Crippen LogP contribution in [0.2, 0.25) is 0 Å². The molecule has 0 saturated heterocycles. The van der Waals surface area contributed by atoms with Crippen LogP contribution in [0.15, 0.2) is 18.2 Å². The highest BCUT2D eigenvalue weighted by atomic mass is 16.3. The fourth-order valence-electron chi connectivity index (χ4n) is 1.29. The van der Waals surface area contributed by atoms with Crippen LogP contribution in [0.3, 0.4) is 0 Å². The number of carbonyl (C=O) groups excluding carboxylic acids is 1. The normalized spacial score (nSPS) is 10.4. The summed E-state index contributed by atoms with van der Waals surface area (Å²) in [5, 5.41) is 9.49. The van der Waals surface area contributed by atoms with Gasteiger partial charge >= 0.3 is 0 Å². The SMILES string of the molecule is CC(C)c1cc(CC=O)ccc1O. The van der Waals surface area contributed by atoms with Crippen molar-refractivity contribution < 1.29 is 9.90 Å². The zero-order chi connectivity index (χ0) is 9.84. The molecule has 0 spiro atoms. The highest BCUT2D eigenvalue weighted by Gasteiger charge is 2.06. The number of phenols is 1. The molecule has 70 valence electrons. The molecule has 0 fully saturated rings. The van der Waals surface area contributed by atoms with Gasteiger partial charge in [-0.3, -0.25) is 0 Å². The lowest BCUT2D eigenvalue weighted by atomic mass is 9.99. The number of benzene rings is 1. The van der Waals surface area contributed by atoms with E-state index in [0.717, 1.165) is 17.4 Å². The second kappa shape index (κ2) is 4.08. The Morgan fingerprint density at radius 3 is 2.69 bits per heavy atom. The molecule has 1 rings (SSSR count). The molecule has 0 radical (unpaired) electrons. The summed E-state index contributed by atoms with van der Waals surface area (Å²) in [5.74, 6) is 0.594. The fourth-order valence-corrected chi connectivity index (χ4v) is 1.29. The summed E-state index contributed by atoms with van der Waals surface area (Å²) in [7, 11) is 0. The molecule has 1 aromatic carbocycles. The van der Waals surface area contributed by atoms with Crippen LogP contribution in [-0.2, 0) is 11.2 Å². The maximum atomic E-state index is 10.3. The van der Waals surface area contributed by atoms with Crippen molar-refractivity contribution in [1.82, 2.24) is 0 Å². The molecule has 0 unspecified atom stereocenters. The van der Waals surface area contributed by atoms with E-state index in [0.29, 0.717) is 12.2 Å². The number of hydrogen-bond donors (Lipinski definition) is 1. The van der Waals surface area contributed by atoms with Gasteiger partial charge in [-0.25, -0.2) is 0 Å². The molecule has 13 heavy (non-hydrogen) atoms. The van der Waals surface area contributed by atoms with Crippen LogP contribution in [-0.4, -0.2) is 11.4 Å². The summed E-state index contributed by atoms with van der Waals surface area (Å²) in [4.78, 5) is 10.3. The zero-order valence-corrected chi connectivity index (χ0v) is 7.95. The second-order valence-electron chi connectivity index (χ2n) is 3.42. The molecule has 0 amide bonds. The molecule has 0 aromatic heterocycles. The third-order valence-electron chi connectivity index (χ3n) is 2.03. The number of phenolic OH excluding ortho intramolecular Hbond substituents is 1. The summed E-state index contributed by atoms with van der Waals surface area (Å²) in [6, 6.07) is 5.30. The topological polar surface area (TPSA) is 37.3 Å². The highest BCUT2D eigenvalue weighted by molar-refractivity contribution is 5.56. The Hall–Kier alpha value is -1.31. The lowest BCUT2D eigenvalue weighted by Gasteiger charge is -2.09. The van der Waals surface area contributed by atoms with Crippen LogP contribution in [0.4, 0.5) is 0 Å². The van der Waals surface area contributed by atoms with Gasteiger partial charge in [0.1, 0.15) is 12.0 Å². The van der Waals surface area contributed by atoms with Gasteiger partial charge in [0, 0.05) is 6.42 Å². The summed E-state index contributed by atoms with van der Waals surface area (Å²) in [6.45, 7) is 4.03. The molecule has 0 saturated carbocycles. The van der Waals surface area contributed by atoms with Crippen LogP contribution in [0.5, 0.6) is 5.75 Å². The second-order valence-corrected chi connectivity index (χ2v) is 3.42. The van der Waals surface area contributed by atoms with Crippen LogP contribution in [0.1, 0.15) is 30.9 Å². The van der Waals surface area contributed by atoms with E-state index in [-0.39, 0.29) is 5.92 Å². The van der Waals surface area contributed by atoms with Gasteiger partial charge in [0.25, 0.3) is 0 Å². The fraction of sp³-hybridized carbons (Fsp3) is 0.364. The van der Waals surface area contributed by atoms with E-state index < -0.39 is 0 Å². The van der Waals surface area contributed by atoms with Crippen LogP contribution >= 0.6 is 0 Å². The molecular weight excluding hydrogens is 164 g/mol. The Morgan fingerprint density at radius 2 is 2.15 bits per heavy atom. The minimum Gasteiger partial charge on any atom is -0.508 e. The summed E-state index contributed by atoms with van der Waals surface area (Å²) in [6.07, 6.45) is 1.29. The van der Waals surface area contributed by atoms with Gasteiger partial charge in [-0.1, -0.05) is 26.0 Å². The smallest absolute Gasteiger partial charge is 0.124 e. The Morgan fingerprint density at radius 1 is 1.46 bits per heavy atom. The van der Waals surface area contributed by atoms with E-state index >= 15 is 0 Å². The van der Waals surface area contributed by atoms with Crippen molar-refractivity contribution in [2.45, 2.75) is 26.2 Å². The van der Waals surface area contributed by atoms with Crippen molar-refractivity contribution in [3.63, 3.8) is 0 Å². The van der Waals surface area contributed by atoms with Gasteiger partial charge in [-0.2, -0.15) is 0 Å². The first-order valence-corrected chi connectivity index (χ1v) is 4.40. The summed E-state index contributed by atoms with van der Waals surface area (Å²) in [5.41, 5.74) is 1.86. The molecule has 0 heterocycles.